The van der Waals surface area contributed by atoms with Crippen LogP contribution < -0.4 is 5.32 Å². The summed E-state index contributed by atoms with van der Waals surface area (Å²) in [4.78, 5) is 19.1. The summed E-state index contributed by atoms with van der Waals surface area (Å²) >= 11 is 0. The molecule has 22 heavy (non-hydrogen) atoms. The molecule has 0 spiro atoms. The number of hydrogen-bond donors (Lipinski definition) is 1. The van der Waals surface area contributed by atoms with E-state index < -0.39 is 0 Å². The minimum Gasteiger partial charge on any atom is -0.336 e. The molecule has 1 amide bonds. The molecule has 1 aliphatic rings. The molecular weight excluding hydrogens is 274 g/mol. The van der Waals surface area contributed by atoms with E-state index in [4.69, 9.17) is 0 Å². The van der Waals surface area contributed by atoms with E-state index in [1.165, 1.54) is 0 Å². The summed E-state index contributed by atoms with van der Waals surface area (Å²) in [5, 5.41) is 3.27. The Balaban J connectivity index is 2.02. The molecule has 2 aromatic rings. The maximum atomic E-state index is 12.9. The summed E-state index contributed by atoms with van der Waals surface area (Å²) in [5.41, 5.74) is 4.38. The van der Waals surface area contributed by atoms with Crippen LogP contribution in [0.5, 0.6) is 0 Å². The Bertz CT molecular complexity index is 676. The first-order valence-electron chi connectivity index (χ1n) is 7.63. The molecule has 4 nitrogen and oxygen atoms in total. The fourth-order valence-electron chi connectivity index (χ4n) is 2.90. The van der Waals surface area contributed by atoms with E-state index in [9.17, 15) is 4.79 Å². The van der Waals surface area contributed by atoms with E-state index in [0.717, 1.165) is 54.1 Å². The molecule has 0 unspecified atom stereocenters. The highest BCUT2D eigenvalue weighted by atomic mass is 16.2. The molecule has 2 heterocycles. The predicted molar refractivity (Wildman–Crippen MR) is 86.8 cm³/mol. The van der Waals surface area contributed by atoms with Gasteiger partial charge in [-0.05, 0) is 25.0 Å². The molecule has 1 fully saturated rings. The molecule has 0 aliphatic carbocycles. The maximum absolute atomic E-state index is 12.9. The molecule has 113 valence electrons. The van der Waals surface area contributed by atoms with Gasteiger partial charge in [0.05, 0.1) is 17.5 Å². The minimum atomic E-state index is 0.0789. The maximum Gasteiger partial charge on any atom is 0.256 e. The van der Waals surface area contributed by atoms with Crippen LogP contribution in [0.3, 0.4) is 0 Å². The van der Waals surface area contributed by atoms with Crippen LogP contribution in [0.1, 0.15) is 21.6 Å². The van der Waals surface area contributed by atoms with Gasteiger partial charge in [0.2, 0.25) is 0 Å². The predicted octanol–water partition coefficient (Wildman–Crippen LogP) is 2.21. The van der Waals surface area contributed by atoms with Gasteiger partial charge >= 0.3 is 0 Å². The van der Waals surface area contributed by atoms with Crippen LogP contribution in [0.25, 0.3) is 11.1 Å². The van der Waals surface area contributed by atoms with Gasteiger partial charge in [-0.3, -0.25) is 4.79 Å². The zero-order chi connectivity index (χ0) is 15.5. The standard InChI is InChI=1S/C18H20N3O/c1-13-16(15-6-4-3-5-7-15)12-20-14(2)17(13)18(22)21-10-8-19-9-11-21/h3-7,19H,8-11H2,1-2H3. The van der Waals surface area contributed by atoms with Crippen molar-refractivity contribution in [2.45, 2.75) is 13.8 Å². The van der Waals surface area contributed by atoms with Crippen LogP contribution in [0.15, 0.2) is 30.3 Å². The molecular formula is C18H20N3O. The molecule has 0 bridgehead atoms. The van der Waals surface area contributed by atoms with Crippen molar-refractivity contribution in [3.05, 3.63) is 53.3 Å². The lowest BCUT2D eigenvalue weighted by Gasteiger charge is -2.28. The first-order chi connectivity index (χ1) is 10.7. The molecule has 4 heteroatoms. The first-order valence-corrected chi connectivity index (χ1v) is 7.63. The van der Waals surface area contributed by atoms with Gasteiger partial charge in [-0.2, -0.15) is 0 Å². The normalized spacial score (nSPS) is 14.9. The van der Waals surface area contributed by atoms with Crippen LogP contribution in [0.4, 0.5) is 0 Å². The molecule has 1 N–H and O–H groups in total. The van der Waals surface area contributed by atoms with Crippen molar-refractivity contribution in [3.63, 3.8) is 0 Å². The average Bonchev–Trinajstić information content (AvgIpc) is 2.56. The van der Waals surface area contributed by atoms with E-state index >= 15 is 0 Å². The number of aryl methyl sites for hydroxylation is 1. The minimum absolute atomic E-state index is 0.0789. The van der Waals surface area contributed by atoms with Gasteiger partial charge in [0.15, 0.2) is 0 Å². The second kappa shape index (κ2) is 6.28. The van der Waals surface area contributed by atoms with Gasteiger partial charge in [0.1, 0.15) is 0 Å². The average molecular weight is 294 g/mol. The Kier molecular flexibility index (Phi) is 4.20. The molecule has 0 saturated carbocycles. The lowest BCUT2D eigenvalue weighted by atomic mass is 9.96. The third-order valence-corrected chi connectivity index (χ3v) is 4.13. The molecule has 1 saturated heterocycles. The van der Waals surface area contributed by atoms with Crippen LogP contribution in [-0.2, 0) is 0 Å². The number of amides is 1. The van der Waals surface area contributed by atoms with Crippen molar-refractivity contribution in [1.29, 1.82) is 0 Å². The number of piperazine rings is 1. The highest BCUT2D eigenvalue weighted by Gasteiger charge is 2.23. The lowest BCUT2D eigenvalue weighted by molar-refractivity contribution is 0.0734. The van der Waals surface area contributed by atoms with E-state index in [0.29, 0.717) is 0 Å². The van der Waals surface area contributed by atoms with Crippen LogP contribution >= 0.6 is 0 Å². The summed E-state index contributed by atoms with van der Waals surface area (Å²) in [5.74, 6) is 0.0789. The van der Waals surface area contributed by atoms with Gasteiger partial charge in [-0.15, -0.1) is 0 Å². The summed E-state index contributed by atoms with van der Waals surface area (Å²) in [6.45, 7) is 7.06. The van der Waals surface area contributed by atoms with Crippen LogP contribution in [-0.4, -0.2) is 42.0 Å². The number of carbonyl (C=O) groups is 1. The number of nitrogens with zero attached hydrogens (tertiary/aromatic N) is 2. The van der Waals surface area contributed by atoms with E-state index in [-0.39, 0.29) is 5.91 Å². The number of nitrogens with one attached hydrogen (secondary N) is 1. The van der Waals surface area contributed by atoms with Gasteiger partial charge in [0.25, 0.3) is 5.91 Å². The third-order valence-electron chi connectivity index (χ3n) is 4.13. The van der Waals surface area contributed by atoms with Crippen molar-refractivity contribution < 1.29 is 4.79 Å². The van der Waals surface area contributed by atoms with Crippen LogP contribution in [0.2, 0.25) is 0 Å². The highest BCUT2D eigenvalue weighted by molar-refractivity contribution is 5.98. The second-order valence-corrected chi connectivity index (χ2v) is 5.59. The van der Waals surface area contributed by atoms with E-state index in [1.807, 2.05) is 49.1 Å². The van der Waals surface area contributed by atoms with Crippen LogP contribution in [0, 0.1) is 20.0 Å². The number of rotatable bonds is 2. The highest BCUT2D eigenvalue weighted by Crippen LogP contribution is 2.26. The molecule has 1 aromatic carbocycles. The SMILES string of the molecule is Cc1n[c]c(-c2ccccc2)c(C)c1C(=O)N1CCNCC1. The fraction of sp³-hybridized carbons (Fsp3) is 0.333. The Morgan fingerprint density at radius 1 is 1.18 bits per heavy atom. The van der Waals surface area contributed by atoms with Crippen molar-refractivity contribution in [2.24, 2.45) is 0 Å². The summed E-state index contributed by atoms with van der Waals surface area (Å²) < 4.78 is 0. The number of hydrogen-bond acceptors (Lipinski definition) is 3. The fourth-order valence-corrected chi connectivity index (χ4v) is 2.90. The Hall–Kier alpha value is -2.20. The Morgan fingerprint density at radius 3 is 2.55 bits per heavy atom. The zero-order valence-corrected chi connectivity index (χ0v) is 13.0. The van der Waals surface area contributed by atoms with Gasteiger partial charge in [-0.25, -0.2) is 4.98 Å². The van der Waals surface area contributed by atoms with Gasteiger partial charge < -0.3 is 10.2 Å². The molecule has 3 rings (SSSR count). The molecule has 1 radical (unpaired) electrons. The van der Waals surface area contributed by atoms with Gasteiger partial charge in [0, 0.05) is 31.7 Å². The van der Waals surface area contributed by atoms with E-state index in [1.54, 1.807) is 0 Å². The third kappa shape index (κ3) is 2.74. The first kappa shape index (κ1) is 14.7. The molecule has 1 aromatic heterocycles. The van der Waals surface area contributed by atoms with Crippen molar-refractivity contribution in [1.82, 2.24) is 15.2 Å². The summed E-state index contributed by atoms with van der Waals surface area (Å²) in [7, 11) is 0. The quantitative estimate of drug-likeness (QED) is 0.923. The van der Waals surface area contributed by atoms with Gasteiger partial charge in [-0.1, -0.05) is 30.3 Å². The Labute approximate surface area is 131 Å². The van der Waals surface area contributed by atoms with Crippen molar-refractivity contribution in [3.8, 4) is 11.1 Å². The lowest BCUT2D eigenvalue weighted by Crippen LogP contribution is -2.46. The molecule has 0 atom stereocenters. The second-order valence-electron chi connectivity index (χ2n) is 5.59. The molecule has 1 aliphatic heterocycles. The topological polar surface area (TPSA) is 45.2 Å². The van der Waals surface area contributed by atoms with Crippen molar-refractivity contribution >= 4 is 5.91 Å². The van der Waals surface area contributed by atoms with Crippen molar-refractivity contribution in [2.75, 3.05) is 26.2 Å². The Morgan fingerprint density at radius 2 is 1.86 bits per heavy atom. The number of carbonyl (C=O) groups excluding carboxylic acids is 1. The number of pyridine rings is 1. The largest absolute Gasteiger partial charge is 0.336 e. The van der Waals surface area contributed by atoms with E-state index in [2.05, 4.69) is 16.5 Å². The number of benzene rings is 1. The summed E-state index contributed by atoms with van der Waals surface area (Å²) in [6, 6.07) is 10.00. The number of aromatic nitrogens is 1. The smallest absolute Gasteiger partial charge is 0.256 e. The summed E-state index contributed by atoms with van der Waals surface area (Å²) in [6.07, 6.45) is 3.09. The zero-order valence-electron chi connectivity index (χ0n) is 13.0. The monoisotopic (exact) mass is 294 g/mol.